The maximum atomic E-state index is 15.9. The number of rotatable bonds is 18. The van der Waals surface area contributed by atoms with Crippen molar-refractivity contribution < 1.29 is 46.8 Å². The number of aromatic nitrogens is 1. The molecule has 1 aromatic heterocycles. The van der Waals surface area contributed by atoms with Gasteiger partial charge in [0.15, 0.2) is 0 Å². The molecular formula is C38H44F2N2O8. The molecule has 50 heavy (non-hydrogen) atoms. The van der Waals surface area contributed by atoms with E-state index in [2.05, 4.69) is 4.98 Å². The monoisotopic (exact) mass is 694 g/mol. The minimum Gasteiger partial charge on any atom is -0.491 e. The van der Waals surface area contributed by atoms with Crippen LogP contribution in [0.5, 0.6) is 5.75 Å². The van der Waals surface area contributed by atoms with Gasteiger partial charge >= 0.3 is 11.9 Å². The van der Waals surface area contributed by atoms with E-state index < -0.39 is 29.6 Å². The van der Waals surface area contributed by atoms with Gasteiger partial charge in [-0.3, -0.25) is 9.69 Å². The number of esters is 2. The van der Waals surface area contributed by atoms with E-state index in [9.17, 15) is 9.59 Å². The van der Waals surface area contributed by atoms with Crippen molar-refractivity contribution in [2.24, 2.45) is 5.92 Å². The number of methoxy groups -OCH3 is 1. The average molecular weight is 695 g/mol. The van der Waals surface area contributed by atoms with E-state index in [1.807, 2.05) is 66.4 Å². The maximum absolute atomic E-state index is 15.9. The number of ether oxygens (including phenoxy) is 6. The van der Waals surface area contributed by atoms with Gasteiger partial charge in [-0.15, -0.1) is 0 Å². The summed E-state index contributed by atoms with van der Waals surface area (Å²) in [5.74, 6) is -2.81. The molecule has 0 saturated heterocycles. The van der Waals surface area contributed by atoms with Crippen molar-refractivity contribution in [3.63, 3.8) is 0 Å². The number of hydrogen-bond donors (Lipinski definition) is 1. The minimum absolute atomic E-state index is 0.0400. The number of halogens is 2. The fourth-order valence-corrected chi connectivity index (χ4v) is 6.19. The van der Waals surface area contributed by atoms with Crippen LogP contribution in [0.2, 0.25) is 0 Å². The molecule has 12 heteroatoms. The first kappa shape index (κ1) is 36.9. The lowest BCUT2D eigenvalue weighted by Crippen LogP contribution is -2.46. The Labute approximate surface area is 290 Å². The van der Waals surface area contributed by atoms with Gasteiger partial charge in [-0.05, 0) is 30.5 Å². The van der Waals surface area contributed by atoms with E-state index in [0.717, 1.165) is 22.0 Å². The van der Waals surface area contributed by atoms with Gasteiger partial charge in [-0.2, -0.15) is 0 Å². The summed E-state index contributed by atoms with van der Waals surface area (Å²) in [5.41, 5.74) is 3.38. The van der Waals surface area contributed by atoms with Crippen molar-refractivity contribution in [3.8, 4) is 5.75 Å². The van der Waals surface area contributed by atoms with Crippen LogP contribution in [0.25, 0.3) is 10.9 Å². The molecule has 1 aliphatic rings. The van der Waals surface area contributed by atoms with Crippen LogP contribution in [0.15, 0.2) is 66.7 Å². The molecule has 0 aliphatic carbocycles. The summed E-state index contributed by atoms with van der Waals surface area (Å²) >= 11 is 0. The number of nitrogens with zero attached hydrogens (tertiary/aromatic N) is 1. The fraction of sp³-hybridized carbons (Fsp3) is 0.421. The lowest BCUT2D eigenvalue weighted by atomic mass is 9.87. The summed E-state index contributed by atoms with van der Waals surface area (Å²) in [6.45, 7) is 5.34. The molecule has 10 nitrogen and oxygen atoms in total. The summed E-state index contributed by atoms with van der Waals surface area (Å²) in [6.07, 6.45) is 0.652. The SMILES string of the molecule is COC(=O)[C@@H](C)CN1[C@H](c2c(F)cc(OCCOCCOCCOCC(=O)OCc3ccccc3)cc2F)c2[nH]c3ccccc3c2C[C@H]1C. The second kappa shape index (κ2) is 18.0. The third kappa shape index (κ3) is 9.45. The first-order valence-electron chi connectivity index (χ1n) is 16.7. The van der Waals surface area contributed by atoms with Gasteiger partial charge < -0.3 is 33.4 Å². The zero-order valence-electron chi connectivity index (χ0n) is 28.6. The van der Waals surface area contributed by atoms with Crippen molar-refractivity contribution in [2.45, 2.75) is 39.0 Å². The van der Waals surface area contributed by atoms with Gasteiger partial charge in [0.2, 0.25) is 0 Å². The van der Waals surface area contributed by atoms with E-state index in [-0.39, 0.29) is 76.1 Å². The van der Waals surface area contributed by atoms with Crippen LogP contribution >= 0.6 is 0 Å². The lowest BCUT2D eigenvalue weighted by Gasteiger charge is -2.42. The summed E-state index contributed by atoms with van der Waals surface area (Å²) in [5, 5.41) is 1.01. The quantitative estimate of drug-likeness (QED) is 0.103. The van der Waals surface area contributed by atoms with Crippen LogP contribution in [0.1, 0.15) is 42.3 Å². The Bertz CT molecular complexity index is 1690. The first-order chi connectivity index (χ1) is 24.3. The Morgan fingerprint density at radius 1 is 0.900 bits per heavy atom. The molecule has 0 unspecified atom stereocenters. The predicted octanol–water partition coefficient (Wildman–Crippen LogP) is 5.76. The van der Waals surface area contributed by atoms with E-state index in [4.69, 9.17) is 28.4 Å². The summed E-state index contributed by atoms with van der Waals surface area (Å²) in [7, 11) is 1.33. The van der Waals surface area contributed by atoms with Gasteiger partial charge in [0.1, 0.15) is 37.2 Å². The highest BCUT2D eigenvalue weighted by Crippen LogP contribution is 2.43. The Morgan fingerprint density at radius 2 is 1.54 bits per heavy atom. The Kier molecular flexibility index (Phi) is 13.3. The maximum Gasteiger partial charge on any atom is 0.332 e. The molecule has 0 fully saturated rings. The number of hydrogen-bond acceptors (Lipinski definition) is 9. The first-order valence-corrected chi connectivity index (χ1v) is 16.7. The smallest absolute Gasteiger partial charge is 0.332 e. The standard InChI is InChI=1S/C38H44F2N2O8/c1-25(38(44)45-3)22-42-26(2)19-30-29-11-7-8-12-33(29)41-36(30)37(42)35-31(39)20-28(21-32(35)40)49-18-17-47-14-13-46-15-16-48-24-34(43)50-23-27-9-5-4-6-10-27/h4-12,20-21,25-26,37,41H,13-19,22-24H2,1-3H3/t25-,26+,37+/m0/s1. The highest BCUT2D eigenvalue weighted by atomic mass is 19.1. The summed E-state index contributed by atoms with van der Waals surface area (Å²) in [4.78, 5) is 29.5. The average Bonchev–Trinajstić information content (AvgIpc) is 3.48. The normalized spacial score (nSPS) is 16.6. The number of aromatic amines is 1. The second-order valence-corrected chi connectivity index (χ2v) is 12.2. The predicted molar refractivity (Wildman–Crippen MR) is 182 cm³/mol. The number of carbonyl (C=O) groups is 2. The van der Waals surface area contributed by atoms with Gasteiger partial charge in [0, 0.05) is 46.9 Å². The van der Waals surface area contributed by atoms with Crippen molar-refractivity contribution in [1.29, 1.82) is 0 Å². The largest absolute Gasteiger partial charge is 0.491 e. The third-order valence-electron chi connectivity index (χ3n) is 8.63. The number of benzene rings is 3. The molecule has 0 saturated carbocycles. The molecule has 268 valence electrons. The molecule has 2 heterocycles. The Hall–Kier alpha value is -4.36. The van der Waals surface area contributed by atoms with E-state index in [1.54, 1.807) is 6.92 Å². The zero-order chi connectivity index (χ0) is 35.5. The van der Waals surface area contributed by atoms with Crippen molar-refractivity contribution in [1.82, 2.24) is 9.88 Å². The zero-order valence-corrected chi connectivity index (χ0v) is 28.6. The van der Waals surface area contributed by atoms with Crippen molar-refractivity contribution in [2.75, 3.05) is 59.9 Å². The molecule has 4 aromatic rings. The van der Waals surface area contributed by atoms with Crippen LogP contribution in [0, 0.1) is 17.6 Å². The molecule has 5 rings (SSSR count). The molecule has 3 aromatic carbocycles. The molecule has 0 amide bonds. The van der Waals surface area contributed by atoms with Crippen LogP contribution in [-0.4, -0.2) is 87.8 Å². The number of nitrogens with one attached hydrogen (secondary N) is 1. The summed E-state index contributed by atoms with van der Waals surface area (Å²) < 4.78 is 63.8. The minimum atomic E-state index is -0.801. The van der Waals surface area contributed by atoms with Crippen LogP contribution in [0.4, 0.5) is 8.78 Å². The summed E-state index contributed by atoms with van der Waals surface area (Å²) in [6, 6.07) is 18.6. The highest BCUT2D eigenvalue weighted by Gasteiger charge is 2.40. The lowest BCUT2D eigenvalue weighted by molar-refractivity contribution is -0.151. The number of fused-ring (bicyclic) bond motifs is 3. The molecule has 0 bridgehead atoms. The van der Waals surface area contributed by atoms with Crippen LogP contribution < -0.4 is 4.74 Å². The molecule has 0 spiro atoms. The van der Waals surface area contributed by atoms with E-state index in [1.165, 1.54) is 19.2 Å². The van der Waals surface area contributed by atoms with Crippen molar-refractivity contribution in [3.05, 3.63) is 101 Å². The molecule has 1 aliphatic heterocycles. The topological polar surface area (TPSA) is 109 Å². The van der Waals surface area contributed by atoms with E-state index >= 15 is 8.78 Å². The molecule has 3 atom stereocenters. The van der Waals surface area contributed by atoms with Crippen LogP contribution in [-0.2, 0) is 46.3 Å². The third-order valence-corrected chi connectivity index (χ3v) is 8.63. The van der Waals surface area contributed by atoms with E-state index in [0.29, 0.717) is 18.7 Å². The van der Waals surface area contributed by atoms with Gasteiger partial charge in [-0.25, -0.2) is 13.6 Å². The van der Waals surface area contributed by atoms with Gasteiger partial charge in [0.25, 0.3) is 0 Å². The fourth-order valence-electron chi connectivity index (χ4n) is 6.19. The number of H-pyrrole nitrogens is 1. The molecular weight excluding hydrogens is 650 g/mol. The Balaban J connectivity index is 1.09. The Morgan fingerprint density at radius 3 is 2.24 bits per heavy atom. The molecule has 1 N–H and O–H groups in total. The highest BCUT2D eigenvalue weighted by molar-refractivity contribution is 5.85. The number of carbonyl (C=O) groups excluding carboxylic acids is 2. The second-order valence-electron chi connectivity index (χ2n) is 12.2. The van der Waals surface area contributed by atoms with Crippen LogP contribution in [0.3, 0.4) is 0 Å². The van der Waals surface area contributed by atoms with Gasteiger partial charge in [0.05, 0.1) is 52.1 Å². The van der Waals surface area contributed by atoms with Gasteiger partial charge in [-0.1, -0.05) is 55.5 Å². The van der Waals surface area contributed by atoms with Crippen molar-refractivity contribution >= 4 is 22.8 Å². The molecule has 0 radical (unpaired) electrons. The number of para-hydroxylation sites is 1.